The SMILES string of the molecule is c1ccc(N(c2ccc3c(c2)-c2ccccc2-c2ccccc2C32c3ccccc3-c3c2ccc2sc4ccccc4c32)c2cccc3ccccc23)cc1. The first-order chi connectivity index (χ1) is 27.3. The first-order valence-corrected chi connectivity index (χ1v) is 19.8. The van der Waals surface area contributed by atoms with Crippen LogP contribution in [-0.2, 0) is 5.41 Å². The third-order valence-corrected chi connectivity index (χ3v) is 13.2. The zero-order chi connectivity index (χ0) is 36.1. The minimum absolute atomic E-state index is 0.552. The van der Waals surface area contributed by atoms with Gasteiger partial charge in [-0.05, 0) is 103 Å². The second-order valence-corrected chi connectivity index (χ2v) is 15.8. The van der Waals surface area contributed by atoms with Crippen LogP contribution in [0, 0.1) is 0 Å². The molecule has 1 heterocycles. The third-order valence-electron chi connectivity index (χ3n) is 12.1. The summed E-state index contributed by atoms with van der Waals surface area (Å²) in [5.74, 6) is 0. The highest BCUT2D eigenvalue weighted by atomic mass is 32.1. The summed E-state index contributed by atoms with van der Waals surface area (Å²) in [6.45, 7) is 0. The lowest BCUT2D eigenvalue weighted by molar-refractivity contribution is 0.776. The van der Waals surface area contributed by atoms with Crippen LogP contribution < -0.4 is 4.90 Å². The Balaban J connectivity index is 1.23. The van der Waals surface area contributed by atoms with Gasteiger partial charge in [0.25, 0.3) is 0 Å². The summed E-state index contributed by atoms with van der Waals surface area (Å²) in [5, 5.41) is 5.15. The van der Waals surface area contributed by atoms with Crippen molar-refractivity contribution in [2.24, 2.45) is 0 Å². The molecule has 0 N–H and O–H groups in total. The molecule has 0 saturated heterocycles. The van der Waals surface area contributed by atoms with Gasteiger partial charge in [-0.3, -0.25) is 0 Å². The van der Waals surface area contributed by atoms with Crippen molar-refractivity contribution in [2.45, 2.75) is 5.41 Å². The van der Waals surface area contributed by atoms with Crippen molar-refractivity contribution in [2.75, 3.05) is 4.90 Å². The highest BCUT2D eigenvalue weighted by molar-refractivity contribution is 7.26. The van der Waals surface area contributed by atoms with Gasteiger partial charge in [-0.15, -0.1) is 11.3 Å². The van der Waals surface area contributed by atoms with Crippen molar-refractivity contribution < 1.29 is 0 Å². The highest BCUT2D eigenvalue weighted by Crippen LogP contribution is 2.63. The lowest BCUT2D eigenvalue weighted by Gasteiger charge is -2.36. The number of hydrogen-bond acceptors (Lipinski definition) is 2. The number of para-hydroxylation sites is 1. The maximum atomic E-state index is 2.47. The fourth-order valence-corrected chi connectivity index (χ4v) is 11.0. The predicted molar refractivity (Wildman–Crippen MR) is 233 cm³/mol. The number of rotatable bonds is 3. The van der Waals surface area contributed by atoms with Gasteiger partial charge < -0.3 is 4.90 Å². The zero-order valence-corrected chi connectivity index (χ0v) is 30.7. The van der Waals surface area contributed by atoms with Gasteiger partial charge in [0.2, 0.25) is 0 Å². The Morgan fingerprint density at radius 3 is 1.80 bits per heavy atom. The van der Waals surface area contributed by atoms with Gasteiger partial charge >= 0.3 is 0 Å². The smallest absolute Gasteiger partial charge is 0.0725 e. The van der Waals surface area contributed by atoms with E-state index in [1.807, 2.05) is 11.3 Å². The Hall–Kier alpha value is -6.74. The lowest BCUT2D eigenvalue weighted by atomic mass is 9.66. The minimum Gasteiger partial charge on any atom is -0.310 e. The van der Waals surface area contributed by atoms with Crippen molar-refractivity contribution in [1.29, 1.82) is 0 Å². The number of benzene rings is 9. The molecule has 0 radical (unpaired) electrons. The number of fused-ring (bicyclic) bond motifs is 17. The number of anilines is 3. The average molecular weight is 716 g/mol. The molecule has 2 aliphatic rings. The number of hydrogen-bond donors (Lipinski definition) is 0. The van der Waals surface area contributed by atoms with Gasteiger partial charge in [0.15, 0.2) is 0 Å². The molecular weight excluding hydrogens is 683 g/mol. The van der Waals surface area contributed by atoms with Gasteiger partial charge in [-0.2, -0.15) is 0 Å². The van der Waals surface area contributed by atoms with Crippen LogP contribution in [0.1, 0.15) is 22.3 Å². The Bertz CT molecular complexity index is 3170. The standard InChI is InChI=1S/C53H33NS/c1-2-17-35(18-3-1)54(48-27-14-16-34-15-4-5-19-37(34)48)36-29-30-46-43(33-36)39-21-7-6-20-38(39)40-22-8-11-25-44(40)53(46)45-26-12-9-23-41(45)51-47(53)31-32-50-52(51)42-24-10-13-28-49(42)55-50/h1-33H. The van der Waals surface area contributed by atoms with Crippen molar-refractivity contribution in [3.05, 3.63) is 222 Å². The summed E-state index contributed by atoms with van der Waals surface area (Å²) in [4.78, 5) is 2.44. The molecule has 2 aliphatic carbocycles. The number of thiophene rings is 1. The Morgan fingerprint density at radius 2 is 0.964 bits per heavy atom. The average Bonchev–Trinajstić information content (AvgIpc) is 3.75. The molecule has 0 fully saturated rings. The molecule has 256 valence electrons. The van der Waals surface area contributed by atoms with E-state index in [4.69, 9.17) is 0 Å². The van der Waals surface area contributed by atoms with Crippen LogP contribution in [0.25, 0.3) is 64.3 Å². The van der Waals surface area contributed by atoms with Crippen LogP contribution in [0.2, 0.25) is 0 Å². The summed E-state index contributed by atoms with van der Waals surface area (Å²) < 4.78 is 2.67. The van der Waals surface area contributed by atoms with E-state index >= 15 is 0 Å². The predicted octanol–water partition coefficient (Wildman–Crippen LogP) is 14.7. The summed E-state index contributed by atoms with van der Waals surface area (Å²) in [7, 11) is 0. The largest absolute Gasteiger partial charge is 0.310 e. The van der Waals surface area contributed by atoms with Crippen LogP contribution in [-0.4, -0.2) is 0 Å². The summed E-state index contributed by atoms with van der Waals surface area (Å²) >= 11 is 1.90. The summed E-state index contributed by atoms with van der Waals surface area (Å²) in [6, 6.07) is 74.7. The monoisotopic (exact) mass is 715 g/mol. The summed E-state index contributed by atoms with van der Waals surface area (Å²) in [5.41, 5.74) is 15.9. The van der Waals surface area contributed by atoms with Crippen molar-refractivity contribution >= 4 is 59.3 Å². The van der Waals surface area contributed by atoms with E-state index in [2.05, 4.69) is 205 Å². The van der Waals surface area contributed by atoms with Gasteiger partial charge in [-0.1, -0.05) is 158 Å². The molecule has 1 unspecified atom stereocenters. The second-order valence-electron chi connectivity index (χ2n) is 14.7. The molecule has 55 heavy (non-hydrogen) atoms. The molecule has 0 saturated carbocycles. The molecule has 9 aromatic carbocycles. The van der Waals surface area contributed by atoms with E-state index in [0.29, 0.717) is 0 Å². The van der Waals surface area contributed by atoms with E-state index in [1.165, 1.54) is 86.6 Å². The first-order valence-electron chi connectivity index (χ1n) is 19.0. The molecule has 1 atom stereocenters. The maximum absolute atomic E-state index is 2.47. The van der Waals surface area contributed by atoms with Crippen LogP contribution in [0.3, 0.4) is 0 Å². The van der Waals surface area contributed by atoms with Gasteiger partial charge in [0, 0.05) is 36.9 Å². The van der Waals surface area contributed by atoms with Crippen molar-refractivity contribution in [3.63, 3.8) is 0 Å². The molecule has 0 amide bonds. The normalized spacial score (nSPS) is 15.0. The zero-order valence-electron chi connectivity index (χ0n) is 29.9. The van der Waals surface area contributed by atoms with E-state index in [9.17, 15) is 0 Å². The molecule has 1 spiro atoms. The molecule has 1 nitrogen and oxygen atoms in total. The summed E-state index contributed by atoms with van der Waals surface area (Å²) in [6.07, 6.45) is 0. The lowest BCUT2D eigenvalue weighted by Crippen LogP contribution is -2.29. The molecular formula is C53H33NS. The second kappa shape index (κ2) is 11.6. The molecule has 0 bridgehead atoms. The van der Waals surface area contributed by atoms with Gasteiger partial charge in [0.05, 0.1) is 11.1 Å². The van der Waals surface area contributed by atoms with Crippen LogP contribution >= 0.6 is 11.3 Å². The van der Waals surface area contributed by atoms with Gasteiger partial charge in [0.1, 0.15) is 0 Å². The fraction of sp³-hybridized carbons (Fsp3) is 0.0189. The third kappa shape index (κ3) is 4.18. The minimum atomic E-state index is -0.552. The molecule has 1 aromatic heterocycles. The van der Waals surface area contributed by atoms with Gasteiger partial charge in [-0.25, -0.2) is 0 Å². The molecule has 10 aromatic rings. The Kier molecular flexibility index (Phi) is 6.49. The fourth-order valence-electron chi connectivity index (χ4n) is 9.93. The molecule has 0 aliphatic heterocycles. The van der Waals surface area contributed by atoms with Crippen molar-refractivity contribution in [3.8, 4) is 33.4 Å². The maximum Gasteiger partial charge on any atom is 0.0725 e. The van der Waals surface area contributed by atoms with Crippen LogP contribution in [0.5, 0.6) is 0 Å². The van der Waals surface area contributed by atoms with E-state index in [0.717, 1.165) is 17.1 Å². The molecule has 2 heteroatoms. The Morgan fingerprint density at radius 1 is 0.364 bits per heavy atom. The first kappa shape index (κ1) is 30.7. The van der Waals surface area contributed by atoms with E-state index in [1.54, 1.807) is 0 Å². The topological polar surface area (TPSA) is 3.24 Å². The van der Waals surface area contributed by atoms with Crippen LogP contribution in [0.15, 0.2) is 200 Å². The van der Waals surface area contributed by atoms with Crippen molar-refractivity contribution in [1.82, 2.24) is 0 Å². The molecule has 12 rings (SSSR count). The highest BCUT2D eigenvalue weighted by Gasteiger charge is 2.50. The Labute approximate surface area is 324 Å². The van der Waals surface area contributed by atoms with Crippen LogP contribution in [0.4, 0.5) is 17.1 Å². The number of nitrogens with zero attached hydrogens (tertiary/aromatic N) is 1. The quantitative estimate of drug-likeness (QED) is 0.176. The van der Waals surface area contributed by atoms with E-state index < -0.39 is 5.41 Å². The van der Waals surface area contributed by atoms with E-state index in [-0.39, 0.29) is 0 Å².